The van der Waals surface area contributed by atoms with Crippen LogP contribution in [-0.4, -0.2) is 65.3 Å². The van der Waals surface area contributed by atoms with Gasteiger partial charge in [-0.3, -0.25) is 0 Å². The number of nitrogens with two attached hydrogens (primary N) is 3. The normalized spacial score (nSPS) is 19.2. The summed E-state index contributed by atoms with van der Waals surface area (Å²) >= 11 is 0. The predicted molar refractivity (Wildman–Crippen MR) is 84.9 cm³/mol. The van der Waals surface area contributed by atoms with E-state index in [1.165, 1.54) is 0 Å². The maximum atomic E-state index is 11.7. The molecule has 0 aromatic rings. The van der Waals surface area contributed by atoms with Gasteiger partial charge in [-0.15, -0.1) is 0 Å². The number of carboxylic acids is 4. The van der Waals surface area contributed by atoms with Gasteiger partial charge in [-0.05, 0) is 0 Å². The first kappa shape index (κ1) is 23.2. The van der Waals surface area contributed by atoms with E-state index in [1.54, 1.807) is 0 Å². The number of carbonyl (C=O) groups is 4. The Labute approximate surface area is 136 Å². The molecule has 11 N–H and O–H groups in total. The van der Waals surface area contributed by atoms with Crippen LogP contribution in [0, 0.1) is 0 Å². The molecule has 0 saturated carbocycles. The number of carboxylic acid groups (broad SMARTS) is 4. The van der Waals surface area contributed by atoms with Gasteiger partial charge in [0.1, 0.15) is 0 Å². The van der Waals surface area contributed by atoms with Crippen molar-refractivity contribution in [3.63, 3.8) is 0 Å². The van der Waals surface area contributed by atoms with Gasteiger partial charge >= 0.3 is 136 Å². The molecule has 1 atom stereocenters. The molecule has 0 fully saturated rings. The quantitative estimate of drug-likeness (QED) is 0.181. The first-order valence-corrected chi connectivity index (χ1v) is 23.7. The number of aliphatic hydroxyl groups excluding tert-OH is 1. The van der Waals surface area contributed by atoms with E-state index in [-0.39, 0.29) is 0 Å². The Kier molecular flexibility index (Phi) is 4.16. The van der Waals surface area contributed by atoms with Crippen LogP contribution in [0.1, 0.15) is 6.92 Å². The molecule has 145 valence electrons. The van der Waals surface area contributed by atoms with E-state index in [2.05, 4.69) is 0 Å². The van der Waals surface area contributed by atoms with E-state index in [1.807, 2.05) is 0 Å². The second kappa shape index (κ2) is 4.48. The van der Waals surface area contributed by atoms with E-state index in [9.17, 15) is 44.7 Å². The molecule has 1 unspecified atom stereocenters. The van der Waals surface area contributed by atoms with Crippen LogP contribution in [0.25, 0.3) is 0 Å². The van der Waals surface area contributed by atoms with E-state index < -0.39 is 65.3 Å². The molecule has 0 heterocycles. The fourth-order valence-electron chi connectivity index (χ4n) is 6.60. The Hall–Kier alpha value is -1.79. The summed E-state index contributed by atoms with van der Waals surface area (Å²) in [5.74, 6) is -7.42. The third kappa shape index (κ3) is 2.77. The first-order chi connectivity index (χ1) is 10.8. The van der Waals surface area contributed by atoms with Gasteiger partial charge < -0.3 is 0 Å². The van der Waals surface area contributed by atoms with Crippen LogP contribution in [0.15, 0.2) is 0 Å². The van der Waals surface area contributed by atoms with Crippen LogP contribution in [0.5, 0.6) is 0 Å². The second-order valence-electron chi connectivity index (χ2n) is 12.0. The van der Waals surface area contributed by atoms with Crippen molar-refractivity contribution in [3.05, 3.63) is 0 Å². The SMILES string of the molecule is C[CH]=[Zn]([NH2])([NH2])([CH2]C(=O)O)([CH2]C(=O)O)([CH2]C(=O)O)([CH2]C(=O)O)[CH](O)CN. The third-order valence-electron chi connectivity index (χ3n) is 9.57. The van der Waals surface area contributed by atoms with Crippen molar-refractivity contribution in [1.82, 2.24) is 0 Å². The van der Waals surface area contributed by atoms with Crippen LogP contribution in [0.4, 0.5) is 0 Å². The molecule has 0 aromatic heterocycles. The maximum absolute atomic E-state index is 11.7. The monoisotopic (exact) mass is 420 g/mol. The van der Waals surface area contributed by atoms with Gasteiger partial charge in [-0.1, -0.05) is 0 Å². The summed E-state index contributed by atoms with van der Waals surface area (Å²) in [6.45, 7) is 0.0368. The van der Waals surface area contributed by atoms with Crippen molar-refractivity contribution >= 4 is 28.5 Å². The molecule has 0 rings (SSSR count). The molecule has 0 amide bonds. The molecular weight excluding hydrogens is 396 g/mol. The molecule has 25 heavy (non-hydrogen) atoms. The Morgan fingerprint density at radius 1 is 0.840 bits per heavy atom. The Balaban J connectivity index is 8.29. The zero-order valence-electron chi connectivity index (χ0n) is 14.0. The molecule has 0 aliphatic heterocycles. The van der Waals surface area contributed by atoms with Gasteiger partial charge in [-0.25, -0.2) is 0 Å². The van der Waals surface area contributed by atoms with E-state index in [0.29, 0.717) is 4.61 Å². The summed E-state index contributed by atoms with van der Waals surface area (Å²) in [4.78, 5) is 46.8. The minimum absolute atomic E-state index is 0.650. The van der Waals surface area contributed by atoms with Crippen LogP contribution in [0.2, 0.25) is 20.1 Å². The van der Waals surface area contributed by atoms with E-state index in [4.69, 9.17) is 14.7 Å². The average molecular weight is 422 g/mol. The van der Waals surface area contributed by atoms with Gasteiger partial charge in [0.15, 0.2) is 0 Å². The van der Waals surface area contributed by atoms with Crippen LogP contribution < -0.4 is 14.7 Å². The molecule has 0 aliphatic rings. The summed E-state index contributed by atoms with van der Waals surface area (Å²) in [5, 5.41) is 42.4. The van der Waals surface area contributed by atoms with Crippen LogP contribution >= 0.6 is 0 Å². The zero-order chi connectivity index (χ0) is 20.5. The Morgan fingerprint density at radius 3 is 1.20 bits per heavy atom. The topological polar surface area (TPSA) is 247 Å². The number of rotatable bonds is 10. The van der Waals surface area contributed by atoms with Gasteiger partial charge in [0.05, 0.1) is 0 Å². The Morgan fingerprint density at radius 2 is 1.08 bits per heavy atom. The van der Waals surface area contributed by atoms with E-state index in [0.717, 1.165) is 6.92 Å². The average Bonchev–Trinajstić information content (AvgIpc) is 2.33. The van der Waals surface area contributed by atoms with Crippen molar-refractivity contribution in [3.8, 4) is 0 Å². The summed E-state index contributed by atoms with van der Waals surface area (Å²) in [6, 6.07) is 0. The summed E-state index contributed by atoms with van der Waals surface area (Å²) in [7, 11) is -8.82. The summed E-state index contributed by atoms with van der Waals surface area (Å²) in [5.41, 5.74) is 5.42. The number of aliphatic carboxylic acids is 4. The molecule has 0 bridgehead atoms. The van der Waals surface area contributed by atoms with Crippen molar-refractivity contribution in [1.29, 1.82) is 0 Å². The molecule has 0 spiro atoms. The van der Waals surface area contributed by atoms with Gasteiger partial charge in [-0.2, -0.15) is 0 Å². The van der Waals surface area contributed by atoms with Gasteiger partial charge in [0.2, 0.25) is 0 Å². The molecule has 0 aromatic carbocycles. The van der Waals surface area contributed by atoms with Crippen LogP contribution in [-0.2, 0) is 29.3 Å². The predicted octanol–water partition coefficient (Wildman–Crippen LogP) is -1.86. The third-order valence-corrected chi connectivity index (χ3v) is 49.3. The molecule has 0 radical (unpaired) electrons. The molecule has 0 aliphatic carbocycles. The molecule has 0 saturated heterocycles. The molecular formula is C12H26N3O9Zn. The minimum atomic E-state index is -8.82. The zero-order valence-corrected chi connectivity index (χ0v) is 17.0. The molecule has 12 nitrogen and oxygen atoms in total. The van der Waals surface area contributed by atoms with Crippen molar-refractivity contribution in [2.45, 2.75) is 31.7 Å². The van der Waals surface area contributed by atoms with Crippen molar-refractivity contribution < 1.29 is 54.8 Å². The molecule has 13 heteroatoms. The number of hydrogen-bond donors (Lipinski definition) is 8. The first-order valence-electron chi connectivity index (χ1n) is 8.41. The summed E-state index contributed by atoms with van der Waals surface area (Å²) in [6.07, 6.45) is 0. The fraction of sp³-hybridized carbons (Fsp3) is 0.583. The summed E-state index contributed by atoms with van der Waals surface area (Å²) < 4.78 is 11.3. The second-order valence-corrected chi connectivity index (χ2v) is 54.1. The van der Waals surface area contributed by atoms with Gasteiger partial charge in [0, 0.05) is 0 Å². The van der Waals surface area contributed by atoms with Crippen molar-refractivity contribution in [2.75, 3.05) is 6.54 Å². The fourth-order valence-corrected chi connectivity index (χ4v) is 34.3. The van der Waals surface area contributed by atoms with E-state index >= 15 is 0 Å². The van der Waals surface area contributed by atoms with Crippen molar-refractivity contribution in [2.24, 2.45) is 14.7 Å². The number of hydrogen-bond acceptors (Lipinski definition) is 8. The number of aliphatic hydroxyl groups is 1. The standard InChI is InChI=1S/C2H6NO.4C2H3O2.C2H4.2H2N.Zn/c3-1-2-4;4*1-2(3)4;1-2;;;/h2,4H,1,3H2;4*1H2,(H,3,4);1H,2H3;2*1H2;/q;;;;;;2*-1;+2. The Bertz CT molecular complexity index is 740. The van der Waals surface area contributed by atoms with Crippen LogP contribution in [0.3, 0.4) is 0 Å². The van der Waals surface area contributed by atoms with Gasteiger partial charge in [0.25, 0.3) is 0 Å².